The number of rotatable bonds is 1. The van der Waals surface area contributed by atoms with Gasteiger partial charge in [0.2, 0.25) is 0 Å². The molecule has 4 rings (SSSR count). The molecule has 1 fully saturated rings. The van der Waals surface area contributed by atoms with Gasteiger partial charge in [-0.05, 0) is 47.9 Å². The Balaban J connectivity index is 1.63. The number of alkyl halides is 3. The van der Waals surface area contributed by atoms with Gasteiger partial charge in [0.1, 0.15) is 0 Å². The van der Waals surface area contributed by atoms with Crippen LogP contribution in [0.1, 0.15) is 41.9 Å². The Morgan fingerprint density at radius 1 is 1.28 bits per heavy atom. The first-order valence-electron chi connectivity index (χ1n) is 8.73. The highest BCUT2D eigenvalue weighted by Crippen LogP contribution is 2.44. The molecule has 2 heterocycles. The first-order chi connectivity index (χ1) is 11.9. The molecule has 0 bridgehead atoms. The fourth-order valence-corrected chi connectivity index (χ4v) is 4.43. The highest BCUT2D eigenvalue weighted by Gasteiger charge is 2.49. The van der Waals surface area contributed by atoms with Crippen LogP contribution in [-0.4, -0.2) is 42.8 Å². The Kier molecular flexibility index (Phi) is 4.10. The van der Waals surface area contributed by atoms with Crippen molar-refractivity contribution in [3.63, 3.8) is 0 Å². The minimum Gasteiger partial charge on any atom is -0.377 e. The molecule has 2 aliphatic heterocycles. The third-order valence-corrected chi connectivity index (χ3v) is 5.59. The summed E-state index contributed by atoms with van der Waals surface area (Å²) in [6, 6.07) is 5.83. The van der Waals surface area contributed by atoms with Gasteiger partial charge in [-0.2, -0.15) is 13.2 Å². The number of halogens is 3. The maximum absolute atomic E-state index is 12.9. The molecule has 0 N–H and O–H groups in total. The van der Waals surface area contributed by atoms with E-state index >= 15 is 0 Å². The van der Waals surface area contributed by atoms with Gasteiger partial charge in [-0.3, -0.25) is 4.79 Å². The molecular weight excluding hydrogens is 331 g/mol. The van der Waals surface area contributed by atoms with Crippen molar-refractivity contribution >= 4 is 11.5 Å². The lowest BCUT2D eigenvalue weighted by atomic mass is 9.87. The summed E-state index contributed by atoms with van der Waals surface area (Å²) in [7, 11) is 0. The van der Waals surface area contributed by atoms with E-state index in [0.29, 0.717) is 26.1 Å². The number of ether oxygens (including phenoxy) is 1. The van der Waals surface area contributed by atoms with E-state index in [1.165, 1.54) is 5.57 Å². The van der Waals surface area contributed by atoms with E-state index in [2.05, 4.69) is 12.1 Å². The van der Waals surface area contributed by atoms with E-state index in [0.717, 1.165) is 34.4 Å². The third-order valence-electron chi connectivity index (χ3n) is 5.59. The zero-order valence-corrected chi connectivity index (χ0v) is 13.8. The second-order valence-electron chi connectivity index (χ2n) is 6.98. The molecule has 2 atom stereocenters. The quantitative estimate of drug-likeness (QED) is 0.772. The summed E-state index contributed by atoms with van der Waals surface area (Å²) in [5.41, 5.74) is 4.56. The highest BCUT2D eigenvalue weighted by molar-refractivity contribution is 5.82. The molecule has 3 nitrogen and oxygen atoms in total. The van der Waals surface area contributed by atoms with Crippen molar-refractivity contribution in [2.45, 2.75) is 43.8 Å². The van der Waals surface area contributed by atoms with Crippen LogP contribution >= 0.6 is 0 Å². The van der Waals surface area contributed by atoms with Crippen molar-refractivity contribution < 1.29 is 22.7 Å². The van der Waals surface area contributed by atoms with Crippen molar-refractivity contribution in [2.24, 2.45) is 0 Å². The van der Waals surface area contributed by atoms with Crippen LogP contribution < -0.4 is 0 Å². The summed E-state index contributed by atoms with van der Waals surface area (Å²) in [4.78, 5) is 12.9. The van der Waals surface area contributed by atoms with Crippen LogP contribution in [0.4, 0.5) is 13.2 Å². The van der Waals surface area contributed by atoms with E-state index in [1.807, 2.05) is 12.1 Å². The molecule has 0 saturated carbocycles. The van der Waals surface area contributed by atoms with Crippen LogP contribution in [0.15, 0.2) is 24.3 Å². The number of likely N-dealkylation sites (tertiary alicyclic amines) is 1. The lowest BCUT2D eigenvalue weighted by Crippen LogP contribution is -2.51. The molecule has 1 saturated heterocycles. The summed E-state index contributed by atoms with van der Waals surface area (Å²) in [5.74, 6) is -1.68. The Labute approximate surface area is 144 Å². The molecule has 25 heavy (non-hydrogen) atoms. The van der Waals surface area contributed by atoms with Gasteiger partial charge in [0, 0.05) is 18.5 Å². The van der Waals surface area contributed by atoms with Crippen molar-refractivity contribution in [1.82, 2.24) is 4.90 Å². The molecule has 0 radical (unpaired) electrons. The van der Waals surface area contributed by atoms with E-state index in [9.17, 15) is 18.0 Å². The van der Waals surface area contributed by atoms with Crippen LogP contribution in [0.3, 0.4) is 0 Å². The number of piperidine rings is 1. The molecule has 1 aromatic carbocycles. The lowest BCUT2D eigenvalue weighted by Gasteiger charge is -2.38. The zero-order chi connectivity index (χ0) is 17.6. The summed E-state index contributed by atoms with van der Waals surface area (Å²) in [6.45, 7) is 1.50. The number of nitrogens with zero attached hydrogens (tertiary/aromatic N) is 1. The van der Waals surface area contributed by atoms with E-state index < -0.39 is 12.1 Å². The standard InChI is InChI=1S/C19H20F3NO2/c20-19(21,22)18(24)23-7-1-2-15-16-10-13(12-5-8-25-9-6-12)3-4-14(16)11-17(15)23/h3-5,10,15,17H,1-2,6-9,11H2/t15-,17?/m1/s1. The molecule has 6 heteroatoms. The van der Waals surface area contributed by atoms with Gasteiger partial charge >= 0.3 is 12.1 Å². The van der Waals surface area contributed by atoms with Crippen LogP contribution in [0, 0.1) is 0 Å². The predicted molar refractivity (Wildman–Crippen MR) is 87.1 cm³/mol. The van der Waals surface area contributed by atoms with Crippen molar-refractivity contribution in [1.29, 1.82) is 0 Å². The largest absolute Gasteiger partial charge is 0.471 e. The summed E-state index contributed by atoms with van der Waals surface area (Å²) in [6.07, 6.45) is 0.0939. The van der Waals surface area contributed by atoms with Crippen LogP contribution in [0.5, 0.6) is 0 Å². The molecular formula is C19H20F3NO2. The zero-order valence-electron chi connectivity index (χ0n) is 13.8. The SMILES string of the molecule is O=C(N1CCC[C@@H]2c3cc(C4=CCOCC4)ccc3CC21)C(F)(F)F. The minimum atomic E-state index is -4.80. The second-order valence-corrected chi connectivity index (χ2v) is 6.98. The highest BCUT2D eigenvalue weighted by atomic mass is 19.4. The Morgan fingerprint density at radius 3 is 2.84 bits per heavy atom. The summed E-state index contributed by atoms with van der Waals surface area (Å²) in [5, 5.41) is 0. The number of carbonyl (C=O) groups excluding carboxylic acids is 1. The monoisotopic (exact) mass is 351 g/mol. The molecule has 134 valence electrons. The van der Waals surface area contributed by atoms with Gasteiger partial charge in [0.25, 0.3) is 0 Å². The predicted octanol–water partition coefficient (Wildman–Crippen LogP) is 3.68. The summed E-state index contributed by atoms with van der Waals surface area (Å²) < 4.78 is 44.1. The van der Waals surface area contributed by atoms with E-state index in [1.54, 1.807) is 0 Å². The minimum absolute atomic E-state index is 0.00967. The Bertz CT molecular complexity index is 726. The average Bonchev–Trinajstić information content (AvgIpc) is 2.99. The molecule has 0 aromatic heterocycles. The third kappa shape index (κ3) is 2.97. The molecule has 0 spiro atoms. The van der Waals surface area contributed by atoms with Gasteiger partial charge < -0.3 is 9.64 Å². The number of hydrogen-bond acceptors (Lipinski definition) is 2. The topological polar surface area (TPSA) is 29.5 Å². The normalized spacial score (nSPS) is 26.0. The fraction of sp³-hybridized carbons (Fsp3) is 0.526. The molecule has 3 aliphatic rings. The van der Waals surface area contributed by atoms with Crippen molar-refractivity contribution in [2.75, 3.05) is 19.8 Å². The molecule has 1 aromatic rings. The number of carbonyl (C=O) groups is 1. The Morgan fingerprint density at radius 2 is 2.12 bits per heavy atom. The number of fused-ring (bicyclic) bond motifs is 3. The van der Waals surface area contributed by atoms with Gasteiger partial charge in [-0.15, -0.1) is 0 Å². The van der Waals surface area contributed by atoms with Crippen LogP contribution in [-0.2, 0) is 16.0 Å². The fourth-order valence-electron chi connectivity index (χ4n) is 4.43. The molecule has 1 amide bonds. The average molecular weight is 351 g/mol. The van der Waals surface area contributed by atoms with Crippen molar-refractivity contribution in [3.05, 3.63) is 41.0 Å². The maximum atomic E-state index is 12.9. The van der Waals surface area contributed by atoms with Gasteiger partial charge in [0.15, 0.2) is 0 Å². The van der Waals surface area contributed by atoms with Crippen molar-refractivity contribution in [3.8, 4) is 0 Å². The van der Waals surface area contributed by atoms with Gasteiger partial charge in [0.05, 0.1) is 13.2 Å². The van der Waals surface area contributed by atoms with E-state index in [4.69, 9.17) is 4.74 Å². The number of hydrogen-bond donors (Lipinski definition) is 0. The number of benzene rings is 1. The van der Waals surface area contributed by atoms with Gasteiger partial charge in [-0.1, -0.05) is 24.3 Å². The second kappa shape index (κ2) is 6.16. The van der Waals surface area contributed by atoms with Gasteiger partial charge in [-0.25, -0.2) is 0 Å². The Hall–Kier alpha value is -1.82. The molecule has 1 aliphatic carbocycles. The maximum Gasteiger partial charge on any atom is 0.471 e. The molecule has 1 unspecified atom stereocenters. The summed E-state index contributed by atoms with van der Waals surface area (Å²) >= 11 is 0. The van der Waals surface area contributed by atoms with Crippen LogP contribution in [0.2, 0.25) is 0 Å². The lowest BCUT2D eigenvalue weighted by molar-refractivity contribution is -0.189. The van der Waals surface area contributed by atoms with Crippen LogP contribution in [0.25, 0.3) is 5.57 Å². The van der Waals surface area contributed by atoms with E-state index in [-0.39, 0.29) is 18.5 Å². The smallest absolute Gasteiger partial charge is 0.377 e. The first-order valence-corrected chi connectivity index (χ1v) is 8.73. The number of amides is 1. The first kappa shape index (κ1) is 16.6.